The van der Waals surface area contributed by atoms with Gasteiger partial charge in [-0.1, -0.05) is 12.1 Å². The maximum absolute atomic E-state index is 12.1. The molecule has 0 saturated heterocycles. The van der Waals surface area contributed by atoms with Gasteiger partial charge in [-0.3, -0.25) is 8.61 Å². The normalized spacial score (nSPS) is 15.1. The lowest BCUT2D eigenvalue weighted by molar-refractivity contribution is 0.262. The summed E-state index contributed by atoms with van der Waals surface area (Å²) in [5.41, 5.74) is 3.33. The van der Waals surface area contributed by atoms with Gasteiger partial charge in [0.2, 0.25) is 0 Å². The fourth-order valence-electron chi connectivity index (χ4n) is 2.57. The van der Waals surface area contributed by atoms with Crippen LogP contribution >= 0.6 is 0 Å². The maximum Gasteiger partial charge on any atom is 0.326 e. The quantitative estimate of drug-likeness (QED) is 0.877. The van der Waals surface area contributed by atoms with Gasteiger partial charge >= 0.3 is 16.2 Å². The number of nitrogens with one attached hydrogen (secondary N) is 2. The Morgan fingerprint density at radius 2 is 1.54 bits per heavy atom. The van der Waals surface area contributed by atoms with E-state index in [1.807, 2.05) is 25.1 Å². The van der Waals surface area contributed by atoms with Gasteiger partial charge in [0.15, 0.2) is 0 Å². The van der Waals surface area contributed by atoms with E-state index in [-0.39, 0.29) is 0 Å². The number of rotatable bonds is 2. The van der Waals surface area contributed by atoms with Gasteiger partial charge < -0.3 is 10.6 Å². The number of urea groups is 1. The van der Waals surface area contributed by atoms with Crippen molar-refractivity contribution in [3.8, 4) is 0 Å². The van der Waals surface area contributed by atoms with Crippen molar-refractivity contribution < 1.29 is 13.2 Å². The topological polar surface area (TPSA) is 81.8 Å². The first kappa shape index (κ1) is 16.1. The smallest absolute Gasteiger partial charge is 0.308 e. The van der Waals surface area contributed by atoms with Crippen molar-refractivity contribution in [2.24, 2.45) is 0 Å². The average molecular weight is 346 g/mol. The Morgan fingerprint density at radius 1 is 0.917 bits per heavy atom. The van der Waals surface area contributed by atoms with Crippen molar-refractivity contribution >= 4 is 39.0 Å². The van der Waals surface area contributed by atoms with Crippen LogP contribution in [0.3, 0.4) is 0 Å². The van der Waals surface area contributed by atoms with Crippen LogP contribution in [0.4, 0.5) is 27.5 Å². The number of carbonyl (C=O) groups is 1. The molecule has 0 atom stereocenters. The molecule has 2 aromatic rings. The van der Waals surface area contributed by atoms with E-state index in [4.69, 9.17) is 0 Å². The molecule has 0 bridgehead atoms. The molecule has 1 aliphatic heterocycles. The lowest BCUT2D eigenvalue weighted by Gasteiger charge is -2.13. The number of hydrogen-bond acceptors (Lipinski definition) is 3. The van der Waals surface area contributed by atoms with E-state index in [1.165, 1.54) is 22.7 Å². The second-order valence-corrected chi connectivity index (χ2v) is 7.59. The third-order valence-corrected chi connectivity index (χ3v) is 5.66. The van der Waals surface area contributed by atoms with Gasteiger partial charge in [0.1, 0.15) is 0 Å². The molecule has 8 heteroatoms. The minimum absolute atomic E-state index is 0.391. The molecular weight excluding hydrogens is 328 g/mol. The summed E-state index contributed by atoms with van der Waals surface area (Å²) in [5.74, 6) is 0. The molecule has 1 aliphatic rings. The summed E-state index contributed by atoms with van der Waals surface area (Å²) in [5, 5.41) is 5.46. The SMILES string of the molecule is Cc1cccc(NC(=O)Nc2ccc3c(c2)N(C)S(=O)(=O)N3C)c1. The molecule has 0 fully saturated rings. The summed E-state index contributed by atoms with van der Waals surface area (Å²) in [6.45, 7) is 1.94. The van der Waals surface area contributed by atoms with Crippen LogP contribution in [0.1, 0.15) is 5.56 Å². The Morgan fingerprint density at radius 3 is 2.21 bits per heavy atom. The fraction of sp³-hybridized carbons (Fsp3) is 0.188. The third-order valence-electron chi connectivity index (χ3n) is 3.88. The molecule has 7 nitrogen and oxygen atoms in total. The summed E-state index contributed by atoms with van der Waals surface area (Å²) >= 11 is 0. The van der Waals surface area contributed by atoms with Crippen LogP contribution in [0, 0.1) is 6.92 Å². The number of anilines is 4. The van der Waals surface area contributed by atoms with E-state index < -0.39 is 16.2 Å². The fourth-order valence-corrected chi connectivity index (χ4v) is 3.73. The minimum atomic E-state index is -3.52. The van der Waals surface area contributed by atoms with Crippen molar-refractivity contribution in [3.05, 3.63) is 48.0 Å². The first-order chi connectivity index (χ1) is 11.3. The Labute approximate surface area is 141 Å². The van der Waals surface area contributed by atoms with Crippen LogP contribution in [-0.4, -0.2) is 28.5 Å². The standard InChI is InChI=1S/C16H18N4O3S/c1-11-5-4-6-12(9-11)17-16(21)18-13-7-8-14-15(10-13)20(3)24(22,23)19(14)2/h4-10H,1-3H3,(H2,17,18,21). The predicted molar refractivity (Wildman–Crippen MR) is 96.0 cm³/mol. The second-order valence-electron chi connectivity index (χ2n) is 5.59. The van der Waals surface area contributed by atoms with Gasteiger partial charge in [-0.15, -0.1) is 0 Å². The lowest BCUT2D eigenvalue weighted by Crippen LogP contribution is -2.32. The van der Waals surface area contributed by atoms with Gasteiger partial charge in [-0.2, -0.15) is 8.42 Å². The van der Waals surface area contributed by atoms with Gasteiger partial charge in [0, 0.05) is 25.5 Å². The van der Waals surface area contributed by atoms with E-state index in [0.29, 0.717) is 22.7 Å². The largest absolute Gasteiger partial charge is 0.326 e. The predicted octanol–water partition coefficient (Wildman–Crippen LogP) is 2.77. The monoisotopic (exact) mass is 346 g/mol. The van der Waals surface area contributed by atoms with Crippen LogP contribution < -0.4 is 19.2 Å². The Kier molecular flexibility index (Phi) is 3.84. The molecule has 24 heavy (non-hydrogen) atoms. The van der Waals surface area contributed by atoms with Crippen LogP contribution in [0.5, 0.6) is 0 Å². The van der Waals surface area contributed by atoms with E-state index in [2.05, 4.69) is 10.6 Å². The zero-order chi connectivity index (χ0) is 17.5. The van der Waals surface area contributed by atoms with E-state index >= 15 is 0 Å². The van der Waals surface area contributed by atoms with Gasteiger partial charge in [0.25, 0.3) is 0 Å². The third kappa shape index (κ3) is 2.76. The van der Waals surface area contributed by atoms with Gasteiger partial charge in [-0.05, 0) is 42.8 Å². The summed E-state index contributed by atoms with van der Waals surface area (Å²) in [4.78, 5) is 12.1. The molecule has 0 saturated carbocycles. The zero-order valence-corrected chi connectivity index (χ0v) is 14.4. The highest BCUT2D eigenvalue weighted by Gasteiger charge is 2.35. The Bertz CT molecular complexity index is 911. The van der Waals surface area contributed by atoms with Gasteiger partial charge in [-0.25, -0.2) is 4.79 Å². The Balaban J connectivity index is 1.78. The highest BCUT2D eigenvalue weighted by molar-refractivity contribution is 7.94. The first-order valence-electron chi connectivity index (χ1n) is 7.30. The van der Waals surface area contributed by atoms with Crippen molar-refractivity contribution in [2.75, 3.05) is 33.3 Å². The lowest BCUT2D eigenvalue weighted by atomic mass is 10.2. The molecule has 2 aromatic carbocycles. The maximum atomic E-state index is 12.1. The molecule has 1 heterocycles. The highest BCUT2D eigenvalue weighted by atomic mass is 32.2. The molecule has 0 radical (unpaired) electrons. The van der Waals surface area contributed by atoms with Crippen LogP contribution in [0.15, 0.2) is 42.5 Å². The zero-order valence-electron chi connectivity index (χ0n) is 13.6. The molecule has 2 N–H and O–H groups in total. The van der Waals surface area contributed by atoms with Crippen LogP contribution in [-0.2, 0) is 10.2 Å². The van der Waals surface area contributed by atoms with Crippen LogP contribution in [0.2, 0.25) is 0 Å². The molecule has 2 amide bonds. The van der Waals surface area contributed by atoms with Gasteiger partial charge in [0.05, 0.1) is 11.4 Å². The number of benzene rings is 2. The number of amides is 2. The van der Waals surface area contributed by atoms with Crippen molar-refractivity contribution in [3.63, 3.8) is 0 Å². The molecule has 0 aromatic heterocycles. The summed E-state index contributed by atoms with van der Waals surface area (Å²) in [6, 6.07) is 12.0. The summed E-state index contributed by atoms with van der Waals surface area (Å²) in [7, 11) is -0.547. The number of nitrogens with zero attached hydrogens (tertiary/aromatic N) is 2. The van der Waals surface area contributed by atoms with Crippen molar-refractivity contribution in [1.29, 1.82) is 0 Å². The molecule has 0 aliphatic carbocycles. The molecule has 0 spiro atoms. The van der Waals surface area contributed by atoms with Crippen molar-refractivity contribution in [2.45, 2.75) is 6.92 Å². The first-order valence-corrected chi connectivity index (χ1v) is 8.70. The number of aryl methyl sites for hydroxylation is 1. The van der Waals surface area contributed by atoms with E-state index in [1.54, 1.807) is 24.3 Å². The molecular formula is C16H18N4O3S. The second kappa shape index (κ2) is 5.72. The summed E-state index contributed by atoms with van der Waals surface area (Å²) in [6.07, 6.45) is 0. The van der Waals surface area contributed by atoms with Crippen molar-refractivity contribution in [1.82, 2.24) is 0 Å². The minimum Gasteiger partial charge on any atom is -0.308 e. The Hall–Kier alpha value is -2.74. The van der Waals surface area contributed by atoms with Crippen LogP contribution in [0.25, 0.3) is 0 Å². The number of hydrogen-bond donors (Lipinski definition) is 2. The summed E-state index contributed by atoms with van der Waals surface area (Å²) < 4.78 is 26.6. The number of carbonyl (C=O) groups excluding carboxylic acids is 1. The van der Waals surface area contributed by atoms with E-state index in [9.17, 15) is 13.2 Å². The molecule has 0 unspecified atom stereocenters. The molecule has 126 valence electrons. The number of fused-ring (bicyclic) bond motifs is 1. The highest BCUT2D eigenvalue weighted by Crippen LogP contribution is 2.40. The average Bonchev–Trinajstić information content (AvgIpc) is 2.68. The molecule has 3 rings (SSSR count). The van der Waals surface area contributed by atoms with E-state index in [0.717, 1.165) is 5.56 Å².